The highest BCUT2D eigenvalue weighted by atomic mass is 16.5. The number of nitrogens with zero attached hydrogens (tertiary/aromatic N) is 1. The number of hydrogen-bond acceptors (Lipinski definition) is 6. The number of nitrogens with two attached hydrogens (primary N) is 2. The minimum Gasteiger partial charge on any atom is -0.480 e. The Balaban J connectivity index is 1.89. The largest absolute Gasteiger partial charge is 0.480 e. The number of carboxylic acids is 1. The minimum absolute atomic E-state index is 0.0395. The van der Waals surface area contributed by atoms with E-state index in [2.05, 4.69) is 10.3 Å². The van der Waals surface area contributed by atoms with Crippen molar-refractivity contribution in [2.24, 2.45) is 16.5 Å². The van der Waals surface area contributed by atoms with Gasteiger partial charge in [-0.3, -0.25) is 4.79 Å². The lowest BCUT2D eigenvalue weighted by Crippen LogP contribution is -2.47. The highest BCUT2D eigenvalue weighted by Crippen LogP contribution is 2.17. The standard InChI is InChI=1S/C21H24N4O6/c1-12(26)18(19(28)29)25-17(27)11-4-13-2-9-16(10-3-13)31-20(30)14-5-7-15(8-6-14)24-21(22)23/h2-3,5-10,12,18,26H,4,11H2,1H3,(H,25,27)(H,28,29)(H4,22,23,24)/t12-,18+/m1/s1. The maximum absolute atomic E-state index is 12.2. The van der Waals surface area contributed by atoms with Crippen molar-refractivity contribution in [2.75, 3.05) is 0 Å². The highest BCUT2D eigenvalue weighted by Gasteiger charge is 2.24. The summed E-state index contributed by atoms with van der Waals surface area (Å²) in [6.45, 7) is 1.29. The van der Waals surface area contributed by atoms with E-state index in [4.69, 9.17) is 21.3 Å². The summed E-state index contributed by atoms with van der Waals surface area (Å²) in [5.41, 5.74) is 12.2. The Labute approximate surface area is 178 Å². The molecule has 31 heavy (non-hydrogen) atoms. The van der Waals surface area contributed by atoms with Crippen LogP contribution in [0.3, 0.4) is 0 Å². The van der Waals surface area contributed by atoms with E-state index in [0.29, 0.717) is 23.4 Å². The van der Waals surface area contributed by atoms with E-state index in [-0.39, 0.29) is 12.4 Å². The van der Waals surface area contributed by atoms with Crippen molar-refractivity contribution in [3.05, 3.63) is 59.7 Å². The molecule has 0 heterocycles. The van der Waals surface area contributed by atoms with Gasteiger partial charge in [0.15, 0.2) is 12.0 Å². The van der Waals surface area contributed by atoms with Gasteiger partial charge in [0.25, 0.3) is 0 Å². The third-order valence-corrected chi connectivity index (χ3v) is 4.20. The summed E-state index contributed by atoms with van der Waals surface area (Å²) in [5.74, 6) is -2.11. The van der Waals surface area contributed by atoms with Crippen molar-refractivity contribution in [1.29, 1.82) is 0 Å². The molecule has 0 aliphatic rings. The number of rotatable bonds is 9. The fourth-order valence-electron chi connectivity index (χ4n) is 2.60. The van der Waals surface area contributed by atoms with Gasteiger partial charge in [-0.25, -0.2) is 14.6 Å². The van der Waals surface area contributed by atoms with E-state index in [1.165, 1.54) is 19.1 Å². The summed E-state index contributed by atoms with van der Waals surface area (Å²) in [7, 11) is 0. The number of ether oxygens (including phenoxy) is 1. The number of nitrogens with one attached hydrogen (secondary N) is 1. The Hall–Kier alpha value is -3.92. The van der Waals surface area contributed by atoms with Gasteiger partial charge in [-0.2, -0.15) is 0 Å². The molecule has 7 N–H and O–H groups in total. The lowest BCUT2D eigenvalue weighted by atomic mass is 10.1. The summed E-state index contributed by atoms with van der Waals surface area (Å²) in [6.07, 6.45) is -0.825. The predicted molar refractivity (Wildman–Crippen MR) is 113 cm³/mol. The number of carboxylic acid groups (broad SMARTS) is 1. The maximum Gasteiger partial charge on any atom is 0.343 e. The Morgan fingerprint density at radius 2 is 1.68 bits per heavy atom. The van der Waals surface area contributed by atoms with Crippen molar-refractivity contribution in [3.63, 3.8) is 0 Å². The second-order valence-corrected chi connectivity index (χ2v) is 6.74. The molecule has 0 radical (unpaired) electrons. The second-order valence-electron chi connectivity index (χ2n) is 6.74. The van der Waals surface area contributed by atoms with Crippen molar-refractivity contribution in [1.82, 2.24) is 5.32 Å². The van der Waals surface area contributed by atoms with Crippen molar-refractivity contribution in [2.45, 2.75) is 31.9 Å². The number of carbonyl (C=O) groups is 3. The summed E-state index contributed by atoms with van der Waals surface area (Å²) in [6, 6.07) is 11.4. The molecule has 0 saturated heterocycles. The minimum atomic E-state index is -1.36. The van der Waals surface area contributed by atoms with Crippen LogP contribution in [0.1, 0.15) is 29.3 Å². The van der Waals surface area contributed by atoms with Crippen LogP contribution < -0.4 is 21.5 Å². The van der Waals surface area contributed by atoms with Crippen LogP contribution in [0.2, 0.25) is 0 Å². The van der Waals surface area contributed by atoms with Gasteiger partial charge in [0.1, 0.15) is 5.75 Å². The lowest BCUT2D eigenvalue weighted by Gasteiger charge is -2.16. The predicted octanol–water partition coefficient (Wildman–Crippen LogP) is 0.694. The van der Waals surface area contributed by atoms with Crippen LogP contribution >= 0.6 is 0 Å². The van der Waals surface area contributed by atoms with Crippen molar-refractivity contribution in [3.8, 4) is 5.75 Å². The number of aliphatic hydroxyl groups is 1. The van der Waals surface area contributed by atoms with Gasteiger partial charge >= 0.3 is 11.9 Å². The smallest absolute Gasteiger partial charge is 0.343 e. The number of carbonyl (C=O) groups excluding carboxylic acids is 2. The van der Waals surface area contributed by atoms with Gasteiger partial charge in [-0.1, -0.05) is 12.1 Å². The molecule has 0 aliphatic carbocycles. The Morgan fingerprint density at radius 3 is 2.19 bits per heavy atom. The van der Waals surface area contributed by atoms with Gasteiger partial charge in [-0.05, 0) is 55.3 Å². The molecule has 0 saturated carbocycles. The molecule has 2 aromatic carbocycles. The molecule has 0 aliphatic heterocycles. The zero-order valence-electron chi connectivity index (χ0n) is 16.8. The normalized spacial score (nSPS) is 12.3. The fraction of sp³-hybridized carbons (Fsp3) is 0.238. The molecule has 10 heteroatoms. The molecular formula is C21H24N4O6. The van der Waals surface area contributed by atoms with Crippen LogP contribution in [-0.2, 0) is 16.0 Å². The number of aliphatic imine (C=N–C) groups is 1. The molecule has 0 aromatic heterocycles. The first-order valence-electron chi connectivity index (χ1n) is 9.36. The number of guanidine groups is 1. The van der Waals surface area contributed by atoms with Crippen LogP contribution in [0, 0.1) is 0 Å². The summed E-state index contributed by atoms with van der Waals surface area (Å²) >= 11 is 0. The van der Waals surface area contributed by atoms with Gasteiger partial charge in [-0.15, -0.1) is 0 Å². The molecule has 0 unspecified atom stereocenters. The average Bonchev–Trinajstić information content (AvgIpc) is 2.71. The van der Waals surface area contributed by atoms with Crippen LogP contribution in [0.25, 0.3) is 0 Å². The zero-order valence-corrected chi connectivity index (χ0v) is 16.8. The van der Waals surface area contributed by atoms with E-state index in [1.54, 1.807) is 36.4 Å². The molecular weight excluding hydrogens is 404 g/mol. The lowest BCUT2D eigenvalue weighted by molar-refractivity contribution is -0.144. The highest BCUT2D eigenvalue weighted by molar-refractivity contribution is 5.91. The van der Waals surface area contributed by atoms with Gasteiger partial charge in [0.05, 0.1) is 17.4 Å². The Bertz CT molecular complexity index is 951. The number of aliphatic hydroxyl groups excluding tert-OH is 1. The molecule has 2 atom stereocenters. The first kappa shape index (κ1) is 23.4. The summed E-state index contributed by atoms with van der Waals surface area (Å²) in [4.78, 5) is 39.0. The SMILES string of the molecule is C[C@@H](O)[C@H](NC(=O)CCc1ccc(OC(=O)c2ccc(N=C(N)N)cc2)cc1)C(=O)O. The number of benzene rings is 2. The molecule has 0 spiro atoms. The Kier molecular flexibility index (Phi) is 8.09. The van der Waals surface area contributed by atoms with Gasteiger partial charge in [0, 0.05) is 6.42 Å². The van der Waals surface area contributed by atoms with E-state index in [0.717, 1.165) is 5.56 Å². The van der Waals surface area contributed by atoms with Crippen molar-refractivity contribution >= 4 is 29.5 Å². The second kappa shape index (κ2) is 10.7. The van der Waals surface area contributed by atoms with E-state index < -0.39 is 30.0 Å². The number of aryl methyl sites for hydroxylation is 1. The monoisotopic (exact) mass is 428 g/mol. The molecule has 164 valence electrons. The number of hydrogen-bond donors (Lipinski definition) is 5. The number of aliphatic carboxylic acids is 1. The Morgan fingerprint density at radius 1 is 1.06 bits per heavy atom. The molecule has 10 nitrogen and oxygen atoms in total. The molecule has 2 aromatic rings. The number of amides is 1. The molecule has 2 rings (SSSR count). The van der Waals surface area contributed by atoms with Crippen LogP contribution in [0.5, 0.6) is 5.75 Å². The van der Waals surface area contributed by atoms with Crippen molar-refractivity contribution < 1.29 is 29.3 Å². The first-order valence-corrected chi connectivity index (χ1v) is 9.36. The average molecular weight is 428 g/mol. The van der Waals surface area contributed by atoms with E-state index in [1.807, 2.05) is 0 Å². The summed E-state index contributed by atoms with van der Waals surface area (Å²) < 4.78 is 5.31. The summed E-state index contributed by atoms with van der Waals surface area (Å²) in [5, 5.41) is 20.7. The van der Waals surface area contributed by atoms with Gasteiger partial charge < -0.3 is 31.7 Å². The van der Waals surface area contributed by atoms with Crippen LogP contribution in [0.15, 0.2) is 53.5 Å². The zero-order chi connectivity index (χ0) is 23.0. The third-order valence-electron chi connectivity index (χ3n) is 4.20. The quantitative estimate of drug-likeness (QED) is 0.168. The van der Waals surface area contributed by atoms with Crippen LogP contribution in [-0.4, -0.2) is 46.2 Å². The van der Waals surface area contributed by atoms with E-state index >= 15 is 0 Å². The topological polar surface area (TPSA) is 177 Å². The molecule has 0 fully saturated rings. The third kappa shape index (κ3) is 7.44. The van der Waals surface area contributed by atoms with Gasteiger partial charge in [0.2, 0.25) is 5.91 Å². The maximum atomic E-state index is 12.2. The molecule has 1 amide bonds. The fourth-order valence-corrected chi connectivity index (χ4v) is 2.60. The number of esters is 1. The van der Waals surface area contributed by atoms with E-state index in [9.17, 15) is 19.5 Å². The molecule has 0 bridgehead atoms. The van der Waals surface area contributed by atoms with Crippen LogP contribution in [0.4, 0.5) is 5.69 Å². The first-order chi connectivity index (χ1) is 14.7.